The van der Waals surface area contributed by atoms with Gasteiger partial charge < -0.3 is 33.8 Å². The second kappa shape index (κ2) is 78.3. The summed E-state index contributed by atoms with van der Waals surface area (Å²) in [7, 11) is -9.93. The molecule has 0 radical (unpaired) electrons. The maximum Gasteiger partial charge on any atom is 0.472 e. The fourth-order valence-electron chi connectivity index (χ4n) is 13.6. The Balaban J connectivity index is 5.20. The molecule has 0 aromatic rings. The van der Waals surface area contributed by atoms with Gasteiger partial charge in [-0.05, 0) is 37.5 Å². The van der Waals surface area contributed by atoms with Crippen LogP contribution in [0.4, 0.5) is 0 Å². The van der Waals surface area contributed by atoms with E-state index in [0.29, 0.717) is 25.7 Å². The number of hydrogen-bond acceptors (Lipinski definition) is 15. The Hall–Kier alpha value is -1.94. The highest BCUT2D eigenvalue weighted by atomic mass is 31.2. The van der Waals surface area contributed by atoms with Gasteiger partial charge in [0.15, 0.2) is 12.2 Å². The number of aliphatic hydroxyl groups is 1. The summed E-state index contributed by atoms with van der Waals surface area (Å²) in [4.78, 5) is 73.2. The Morgan fingerprint density at radius 2 is 0.481 bits per heavy atom. The van der Waals surface area contributed by atoms with Gasteiger partial charge in [-0.2, -0.15) is 0 Å². The summed E-state index contributed by atoms with van der Waals surface area (Å²) in [6, 6.07) is 0. The minimum atomic E-state index is -4.97. The molecule has 106 heavy (non-hydrogen) atoms. The van der Waals surface area contributed by atoms with Gasteiger partial charge in [0.05, 0.1) is 26.4 Å². The van der Waals surface area contributed by atoms with Crippen LogP contribution in [0.25, 0.3) is 0 Å². The van der Waals surface area contributed by atoms with Crippen LogP contribution in [0, 0.1) is 11.8 Å². The van der Waals surface area contributed by atoms with Crippen LogP contribution in [0.3, 0.4) is 0 Å². The third kappa shape index (κ3) is 78.7. The lowest BCUT2D eigenvalue weighted by molar-refractivity contribution is -0.161. The molecule has 19 heteroatoms. The molecule has 630 valence electrons. The molecule has 3 N–H and O–H groups in total. The minimum absolute atomic E-state index is 0.106. The van der Waals surface area contributed by atoms with E-state index in [1.807, 2.05) is 0 Å². The van der Waals surface area contributed by atoms with Crippen LogP contribution >= 0.6 is 15.6 Å². The predicted molar refractivity (Wildman–Crippen MR) is 437 cm³/mol. The van der Waals surface area contributed by atoms with Crippen molar-refractivity contribution in [1.82, 2.24) is 0 Å². The number of aliphatic hydroxyl groups excluding tert-OH is 1. The van der Waals surface area contributed by atoms with Crippen molar-refractivity contribution in [2.24, 2.45) is 11.8 Å². The SMILES string of the molecule is CCCCCCCCCCCCCCCCCCCCCCCCC(=O)O[C@H](COC(=O)CCCCCCCCCCCCCCCCCCCCC(C)C)COP(=O)(O)OC[C@@H](O)COP(=O)(O)OC[C@@H](COC(=O)CCCCCCCCCCCCC)OC(=O)CCCCCCCCCCC(C)CC. The normalized spacial score (nSPS) is 14.1. The molecule has 0 fully saturated rings. The lowest BCUT2D eigenvalue weighted by Crippen LogP contribution is -2.30. The molecule has 6 atom stereocenters. The highest BCUT2D eigenvalue weighted by molar-refractivity contribution is 7.47. The van der Waals surface area contributed by atoms with Crippen LogP contribution in [0.1, 0.15) is 465 Å². The maximum absolute atomic E-state index is 13.2. The molecule has 0 aliphatic rings. The van der Waals surface area contributed by atoms with Crippen molar-refractivity contribution < 1.29 is 80.2 Å². The van der Waals surface area contributed by atoms with E-state index in [2.05, 4.69) is 41.5 Å². The number of hydrogen-bond donors (Lipinski definition) is 3. The number of phosphoric ester groups is 2. The molecule has 0 aliphatic heterocycles. The van der Waals surface area contributed by atoms with Gasteiger partial charge in [0, 0.05) is 25.7 Å². The van der Waals surface area contributed by atoms with E-state index in [0.717, 1.165) is 102 Å². The van der Waals surface area contributed by atoms with E-state index in [4.69, 9.17) is 37.0 Å². The van der Waals surface area contributed by atoms with Crippen molar-refractivity contribution in [1.29, 1.82) is 0 Å². The average molecular weight is 1550 g/mol. The first-order valence-corrected chi connectivity index (χ1v) is 48.0. The first-order chi connectivity index (χ1) is 51.4. The average Bonchev–Trinajstić information content (AvgIpc) is 0.900. The minimum Gasteiger partial charge on any atom is -0.462 e. The number of phosphoric acid groups is 2. The van der Waals surface area contributed by atoms with Gasteiger partial charge in [-0.15, -0.1) is 0 Å². The molecule has 0 aromatic carbocycles. The smallest absolute Gasteiger partial charge is 0.462 e. The molecule has 0 heterocycles. The van der Waals surface area contributed by atoms with E-state index in [1.165, 1.54) is 283 Å². The number of carbonyl (C=O) groups excluding carboxylic acids is 4. The lowest BCUT2D eigenvalue weighted by Gasteiger charge is -2.21. The summed E-state index contributed by atoms with van der Waals surface area (Å²) in [5.41, 5.74) is 0. The van der Waals surface area contributed by atoms with Gasteiger partial charge in [0.1, 0.15) is 19.3 Å². The molecular weight excluding hydrogens is 1380 g/mol. The number of carbonyl (C=O) groups is 4. The molecule has 0 bridgehead atoms. The summed E-state index contributed by atoms with van der Waals surface area (Å²) >= 11 is 0. The zero-order valence-electron chi connectivity index (χ0n) is 69.7. The summed E-state index contributed by atoms with van der Waals surface area (Å²) in [5, 5.41) is 10.7. The highest BCUT2D eigenvalue weighted by Crippen LogP contribution is 2.45. The third-order valence-electron chi connectivity index (χ3n) is 20.8. The van der Waals surface area contributed by atoms with Gasteiger partial charge in [-0.3, -0.25) is 37.3 Å². The first-order valence-electron chi connectivity index (χ1n) is 45.0. The Bertz CT molecular complexity index is 2030. The van der Waals surface area contributed by atoms with Crippen molar-refractivity contribution in [2.45, 2.75) is 484 Å². The van der Waals surface area contributed by atoms with Crippen molar-refractivity contribution >= 4 is 39.5 Å². The van der Waals surface area contributed by atoms with Gasteiger partial charge in [-0.25, -0.2) is 9.13 Å². The van der Waals surface area contributed by atoms with Crippen LogP contribution in [-0.4, -0.2) is 96.7 Å². The van der Waals surface area contributed by atoms with Crippen LogP contribution < -0.4 is 0 Å². The Kier molecular flexibility index (Phi) is 76.9. The number of ether oxygens (including phenoxy) is 4. The zero-order valence-corrected chi connectivity index (χ0v) is 71.5. The topological polar surface area (TPSA) is 237 Å². The third-order valence-corrected chi connectivity index (χ3v) is 22.7. The summed E-state index contributed by atoms with van der Waals surface area (Å²) in [6.45, 7) is 9.70. The Labute approximate surface area is 651 Å². The van der Waals surface area contributed by atoms with Crippen molar-refractivity contribution in [3.63, 3.8) is 0 Å². The Morgan fingerprint density at radius 3 is 0.717 bits per heavy atom. The fourth-order valence-corrected chi connectivity index (χ4v) is 15.1. The van der Waals surface area contributed by atoms with E-state index in [1.54, 1.807) is 0 Å². The summed E-state index contributed by atoms with van der Waals surface area (Å²) in [6.07, 6.45) is 70.9. The maximum atomic E-state index is 13.2. The van der Waals surface area contributed by atoms with Crippen molar-refractivity contribution in [2.75, 3.05) is 39.6 Å². The second-order valence-electron chi connectivity index (χ2n) is 32.0. The molecule has 0 rings (SSSR count). The van der Waals surface area contributed by atoms with E-state index in [9.17, 15) is 43.2 Å². The molecule has 3 unspecified atom stereocenters. The van der Waals surface area contributed by atoms with Gasteiger partial charge >= 0.3 is 39.5 Å². The first kappa shape index (κ1) is 104. The largest absolute Gasteiger partial charge is 0.472 e. The highest BCUT2D eigenvalue weighted by Gasteiger charge is 2.30. The number of rotatable bonds is 86. The number of unbranched alkanes of at least 4 members (excludes halogenated alkanes) is 55. The molecule has 0 spiro atoms. The van der Waals surface area contributed by atoms with E-state index < -0.39 is 97.5 Å². The molecule has 0 aromatic heterocycles. The number of esters is 4. The monoisotopic (exact) mass is 1550 g/mol. The van der Waals surface area contributed by atoms with Gasteiger partial charge in [0.2, 0.25) is 0 Å². The van der Waals surface area contributed by atoms with E-state index in [-0.39, 0.29) is 25.7 Å². The molecule has 17 nitrogen and oxygen atoms in total. The zero-order chi connectivity index (χ0) is 77.8. The molecule has 0 saturated carbocycles. The van der Waals surface area contributed by atoms with Gasteiger partial charge in [0.25, 0.3) is 0 Å². The van der Waals surface area contributed by atoms with Crippen molar-refractivity contribution in [3.8, 4) is 0 Å². The fraction of sp³-hybridized carbons (Fsp3) is 0.954. The molecule has 0 aliphatic carbocycles. The van der Waals surface area contributed by atoms with Crippen LogP contribution in [0.5, 0.6) is 0 Å². The predicted octanol–water partition coefficient (Wildman–Crippen LogP) is 26.6. The second-order valence-corrected chi connectivity index (χ2v) is 34.9. The summed E-state index contributed by atoms with van der Waals surface area (Å²) in [5.74, 6) is -0.511. The van der Waals surface area contributed by atoms with Crippen molar-refractivity contribution in [3.05, 3.63) is 0 Å². The standard InChI is InChI=1S/C87H170O17P2/c1-7-10-12-14-16-18-20-21-22-23-24-25-26-27-32-35-38-42-46-53-59-65-71-86(91)103-82(75-98-85(90)70-64-58-52-45-41-37-34-31-29-28-30-33-36-40-43-49-55-61-67-79(4)5)77-101-105(93,94)99-73-81(88)74-100-106(95,96)102-78-83(76-97-84(89)69-63-57-51-44-39-19-17-15-13-11-8-2)104-87(92)72-66-60-54-48-47-50-56-62-68-80(6)9-3/h79-83,88H,7-78H2,1-6H3,(H,93,94)(H,95,96)/t80?,81-,82-,83-/m1/s1. The molecule has 0 saturated heterocycles. The molecule has 0 amide bonds. The van der Waals surface area contributed by atoms with Crippen LogP contribution in [-0.2, 0) is 65.4 Å². The summed E-state index contributed by atoms with van der Waals surface area (Å²) < 4.78 is 68.9. The quantitative estimate of drug-likeness (QED) is 0.0222. The van der Waals surface area contributed by atoms with Gasteiger partial charge in [-0.1, -0.05) is 414 Å². The molecular formula is C87H170O17P2. The van der Waals surface area contributed by atoms with Crippen LogP contribution in [0.2, 0.25) is 0 Å². The van der Waals surface area contributed by atoms with Crippen LogP contribution in [0.15, 0.2) is 0 Å². The lowest BCUT2D eigenvalue weighted by atomic mass is 9.99. The van der Waals surface area contributed by atoms with E-state index >= 15 is 0 Å². The Morgan fingerprint density at radius 1 is 0.274 bits per heavy atom.